The fraction of sp³-hybridized carbons (Fsp3) is 0.536. The van der Waals surface area contributed by atoms with E-state index in [0.717, 1.165) is 12.0 Å². The Morgan fingerprint density at radius 1 is 0.947 bits per heavy atom. The van der Waals surface area contributed by atoms with Gasteiger partial charge in [-0.05, 0) is 39.3 Å². The zero-order valence-electron chi connectivity index (χ0n) is 22.6. The maximum atomic E-state index is 14.1. The van der Waals surface area contributed by atoms with Crippen molar-refractivity contribution in [3.8, 4) is 0 Å². The van der Waals surface area contributed by atoms with Gasteiger partial charge in [0.15, 0.2) is 11.5 Å². The van der Waals surface area contributed by atoms with Crippen LogP contribution in [0.1, 0.15) is 48.0 Å². The number of hydrogen-bond donors (Lipinski definition) is 0. The molecule has 0 saturated carbocycles. The van der Waals surface area contributed by atoms with E-state index in [0.29, 0.717) is 11.3 Å². The number of likely N-dealkylation sites (tertiary alicyclic amines) is 1. The van der Waals surface area contributed by atoms with Crippen LogP contribution in [0.2, 0.25) is 0 Å². The van der Waals surface area contributed by atoms with Crippen LogP contribution < -0.4 is 4.90 Å². The summed E-state index contributed by atoms with van der Waals surface area (Å²) < 4.78 is 17.5. The molecule has 4 atom stereocenters. The first-order chi connectivity index (χ1) is 17.6. The van der Waals surface area contributed by atoms with E-state index in [4.69, 9.17) is 14.2 Å². The monoisotopic (exact) mass is 524 g/mol. The molecule has 4 aliphatic heterocycles. The molecule has 4 aliphatic rings. The molecule has 1 spiro atoms. The van der Waals surface area contributed by atoms with E-state index in [9.17, 15) is 24.0 Å². The van der Waals surface area contributed by atoms with Crippen LogP contribution in [0.4, 0.5) is 5.69 Å². The molecule has 0 aromatic heterocycles. The van der Waals surface area contributed by atoms with Crippen molar-refractivity contribution in [3.63, 3.8) is 0 Å². The Bertz CT molecular complexity index is 1300. The maximum Gasteiger partial charge on any atom is 0.347 e. The van der Waals surface area contributed by atoms with Gasteiger partial charge >= 0.3 is 11.9 Å². The van der Waals surface area contributed by atoms with Crippen LogP contribution in [0.15, 0.2) is 41.7 Å². The molecule has 3 fully saturated rings. The van der Waals surface area contributed by atoms with Gasteiger partial charge in [0.05, 0.1) is 18.2 Å². The molecule has 10 heteroatoms. The molecular weight excluding hydrogens is 492 g/mol. The van der Waals surface area contributed by atoms with E-state index in [1.807, 2.05) is 0 Å². The Kier molecular flexibility index (Phi) is 5.48. The second-order valence-corrected chi connectivity index (χ2v) is 12.2. The third-order valence-corrected chi connectivity index (χ3v) is 7.71. The predicted molar refractivity (Wildman–Crippen MR) is 133 cm³/mol. The smallest absolute Gasteiger partial charge is 0.347 e. The summed E-state index contributed by atoms with van der Waals surface area (Å²) in [5.74, 6) is -6.00. The molecule has 1 aromatic carbocycles. The minimum Gasteiger partial charge on any atom is -0.467 e. The average Bonchev–Trinajstić information content (AvgIpc) is 3.52. The summed E-state index contributed by atoms with van der Waals surface area (Å²) >= 11 is 0. The van der Waals surface area contributed by atoms with Crippen LogP contribution in [0, 0.1) is 22.7 Å². The number of hydrogen-bond acceptors (Lipinski definition) is 8. The van der Waals surface area contributed by atoms with Gasteiger partial charge in [-0.3, -0.25) is 19.2 Å². The largest absolute Gasteiger partial charge is 0.467 e. The summed E-state index contributed by atoms with van der Waals surface area (Å²) in [6.07, 6.45) is 0.198. The minimum atomic E-state index is -2.21. The Hall–Kier alpha value is -3.53. The lowest BCUT2D eigenvalue weighted by Gasteiger charge is -2.40. The summed E-state index contributed by atoms with van der Waals surface area (Å²) in [6, 6.07) is 8.36. The van der Waals surface area contributed by atoms with Gasteiger partial charge in [-0.25, -0.2) is 9.69 Å². The zero-order chi connectivity index (χ0) is 28.0. The number of esters is 2. The van der Waals surface area contributed by atoms with E-state index in [-0.39, 0.29) is 24.6 Å². The molecular formula is C28H32N2O8. The van der Waals surface area contributed by atoms with Crippen molar-refractivity contribution >= 4 is 35.3 Å². The van der Waals surface area contributed by atoms with Gasteiger partial charge in [-0.2, -0.15) is 0 Å². The van der Waals surface area contributed by atoms with E-state index in [2.05, 4.69) is 0 Å². The van der Waals surface area contributed by atoms with E-state index in [1.165, 1.54) is 4.90 Å². The first kappa shape index (κ1) is 26.1. The highest BCUT2D eigenvalue weighted by atomic mass is 16.6. The highest BCUT2D eigenvalue weighted by Crippen LogP contribution is 2.68. The third kappa shape index (κ3) is 3.12. The van der Waals surface area contributed by atoms with Gasteiger partial charge in [-0.15, -0.1) is 0 Å². The zero-order valence-corrected chi connectivity index (χ0v) is 22.6. The molecule has 38 heavy (non-hydrogen) atoms. The molecule has 0 radical (unpaired) electrons. The number of anilines is 1. The fourth-order valence-corrected chi connectivity index (χ4v) is 6.02. The van der Waals surface area contributed by atoms with Crippen molar-refractivity contribution in [3.05, 3.63) is 41.7 Å². The number of para-hydroxylation sites is 1. The first-order valence-corrected chi connectivity index (χ1v) is 12.6. The Morgan fingerprint density at radius 3 is 2.11 bits per heavy atom. The van der Waals surface area contributed by atoms with E-state index in [1.54, 1.807) is 71.9 Å². The lowest BCUT2D eigenvalue weighted by molar-refractivity contribution is -0.192. The lowest BCUT2D eigenvalue weighted by Crippen LogP contribution is -2.57. The van der Waals surface area contributed by atoms with Crippen LogP contribution in [0.5, 0.6) is 0 Å². The molecule has 4 heterocycles. The Labute approximate surface area is 220 Å². The molecule has 4 unspecified atom stereocenters. The average molecular weight is 525 g/mol. The van der Waals surface area contributed by atoms with Crippen molar-refractivity contribution in [2.24, 2.45) is 22.7 Å². The van der Waals surface area contributed by atoms with Gasteiger partial charge in [-0.1, -0.05) is 39.0 Å². The molecule has 0 N–H and O–H groups in total. The number of amides is 3. The van der Waals surface area contributed by atoms with Crippen molar-refractivity contribution in [2.75, 3.05) is 18.6 Å². The van der Waals surface area contributed by atoms with E-state index >= 15 is 0 Å². The number of carbonyl (C=O) groups is 5. The minimum absolute atomic E-state index is 0.147. The number of ether oxygens (including phenoxy) is 3. The van der Waals surface area contributed by atoms with Gasteiger partial charge in [0.25, 0.3) is 0 Å². The summed E-state index contributed by atoms with van der Waals surface area (Å²) in [5, 5.41) is 0. The summed E-state index contributed by atoms with van der Waals surface area (Å²) in [5.41, 5.74) is -5.13. The summed E-state index contributed by atoms with van der Waals surface area (Å²) in [7, 11) is 1.14. The number of carbonyl (C=O) groups excluding carboxylic acids is 5. The molecule has 3 saturated heterocycles. The molecule has 5 rings (SSSR count). The second-order valence-electron chi connectivity index (χ2n) is 12.2. The van der Waals surface area contributed by atoms with Crippen LogP contribution >= 0.6 is 0 Å². The molecule has 0 aliphatic carbocycles. The number of benzene rings is 1. The normalized spacial score (nSPS) is 30.1. The quantitative estimate of drug-likeness (QED) is 0.437. The van der Waals surface area contributed by atoms with Crippen molar-refractivity contribution in [1.29, 1.82) is 0 Å². The summed E-state index contributed by atoms with van der Waals surface area (Å²) in [4.78, 5) is 71.1. The number of rotatable bonds is 3. The number of imide groups is 1. The highest BCUT2D eigenvalue weighted by molar-refractivity contribution is 6.25. The number of nitrogens with zero attached hydrogens (tertiary/aromatic N) is 2. The second kappa shape index (κ2) is 7.99. The topological polar surface area (TPSA) is 120 Å². The highest BCUT2D eigenvalue weighted by Gasteiger charge is 2.86. The van der Waals surface area contributed by atoms with Crippen LogP contribution in [0.3, 0.4) is 0 Å². The SMILES string of the molecule is COC(=O)C12OC3(C(=C1OC(=O)C(C)(C)C)CCN3C(=O)C(C)(C)C)C1C(=O)N(c3ccccc3)C(=O)C12. The van der Waals surface area contributed by atoms with Crippen molar-refractivity contribution in [2.45, 2.75) is 59.3 Å². The fourth-order valence-electron chi connectivity index (χ4n) is 6.02. The molecule has 2 bridgehead atoms. The maximum absolute atomic E-state index is 14.1. The van der Waals surface area contributed by atoms with Crippen LogP contribution in [-0.2, 0) is 38.2 Å². The summed E-state index contributed by atoms with van der Waals surface area (Å²) in [6.45, 7) is 10.3. The number of fused-ring (bicyclic) bond motifs is 3. The molecule has 3 amide bonds. The van der Waals surface area contributed by atoms with Crippen molar-refractivity contribution < 1.29 is 38.2 Å². The van der Waals surface area contributed by atoms with Crippen LogP contribution in [0.25, 0.3) is 0 Å². The third-order valence-electron chi connectivity index (χ3n) is 7.71. The standard InChI is InChI=1S/C28H32N2O8/c1-25(2,3)22(33)29-14-13-16-19(37-23(34)26(4,5)6)27(24(35)36-7)17-18(28(16,29)38-27)21(32)30(20(17)31)15-11-9-8-10-12-15/h8-12,17-18H,13-14H2,1-7H3. The molecule has 1 aromatic rings. The predicted octanol–water partition coefficient (Wildman–Crippen LogP) is 2.57. The number of methoxy groups -OCH3 is 1. The van der Waals surface area contributed by atoms with Crippen LogP contribution in [-0.4, -0.2) is 59.5 Å². The van der Waals surface area contributed by atoms with Gasteiger partial charge in [0.2, 0.25) is 23.3 Å². The van der Waals surface area contributed by atoms with Gasteiger partial charge in [0.1, 0.15) is 11.8 Å². The van der Waals surface area contributed by atoms with Gasteiger partial charge < -0.3 is 19.1 Å². The Morgan fingerprint density at radius 2 is 1.55 bits per heavy atom. The molecule has 202 valence electrons. The lowest BCUT2D eigenvalue weighted by atomic mass is 9.70. The van der Waals surface area contributed by atoms with E-state index < -0.39 is 57.7 Å². The van der Waals surface area contributed by atoms with Gasteiger partial charge in [0, 0.05) is 17.5 Å². The van der Waals surface area contributed by atoms with Crippen molar-refractivity contribution in [1.82, 2.24) is 4.90 Å². The Balaban J connectivity index is 1.77. The first-order valence-electron chi connectivity index (χ1n) is 12.6. The molecule has 10 nitrogen and oxygen atoms in total.